The number of hydrogen-bond donors (Lipinski definition) is 2. The minimum absolute atomic E-state index is 0.00611. The van der Waals surface area contributed by atoms with E-state index in [1.807, 2.05) is 24.4 Å². The summed E-state index contributed by atoms with van der Waals surface area (Å²) in [6.45, 7) is 4.98. The molecule has 0 bridgehead atoms. The van der Waals surface area contributed by atoms with Crippen molar-refractivity contribution in [1.82, 2.24) is 19.8 Å². The van der Waals surface area contributed by atoms with Crippen molar-refractivity contribution in [1.29, 1.82) is 0 Å². The molecule has 0 unspecified atom stereocenters. The number of aliphatic hydroxyl groups is 1. The molecule has 1 saturated heterocycles. The number of rotatable bonds is 5. The first-order chi connectivity index (χ1) is 12.1. The van der Waals surface area contributed by atoms with E-state index in [4.69, 9.17) is 12.2 Å². The molecule has 0 aromatic carbocycles. The van der Waals surface area contributed by atoms with Crippen molar-refractivity contribution in [3.63, 3.8) is 0 Å². The fourth-order valence-electron chi connectivity index (χ4n) is 4.09. The third kappa shape index (κ3) is 2.83. The largest absolute Gasteiger partial charge is 0.395 e. The lowest BCUT2D eigenvalue weighted by atomic mass is 9.97. The van der Waals surface area contributed by atoms with Gasteiger partial charge in [0, 0.05) is 30.2 Å². The summed E-state index contributed by atoms with van der Waals surface area (Å²) >= 11 is 5.58. The Morgan fingerprint density at radius 2 is 2.12 bits per heavy atom. The van der Waals surface area contributed by atoms with Crippen LogP contribution in [0.4, 0.5) is 0 Å². The topological polar surface area (TPSA) is 53.3 Å². The Bertz CT molecular complexity index is 784. The van der Waals surface area contributed by atoms with Crippen LogP contribution in [0.3, 0.4) is 0 Å². The van der Waals surface area contributed by atoms with E-state index in [-0.39, 0.29) is 18.7 Å². The average molecular weight is 356 g/mol. The van der Waals surface area contributed by atoms with Crippen LogP contribution in [-0.2, 0) is 0 Å². The molecule has 1 aliphatic heterocycles. The molecule has 1 saturated carbocycles. The van der Waals surface area contributed by atoms with Gasteiger partial charge >= 0.3 is 0 Å². The third-order valence-corrected chi connectivity index (χ3v) is 5.65. The number of aryl methyl sites for hydroxylation is 1. The Morgan fingerprint density at radius 1 is 1.32 bits per heavy atom. The summed E-state index contributed by atoms with van der Waals surface area (Å²) in [7, 11) is 0. The second-order valence-electron chi connectivity index (χ2n) is 6.97. The lowest BCUT2D eigenvalue weighted by molar-refractivity contribution is 0.222. The van der Waals surface area contributed by atoms with Gasteiger partial charge in [0.05, 0.1) is 24.4 Å². The SMILES string of the molecule is Cc1cc([C@@H]2[C@@H](c3ccccn3)NC(=S)N2CCO)c(C)n1C1CC1. The molecule has 2 atom stereocenters. The van der Waals surface area contributed by atoms with Crippen molar-refractivity contribution in [3.8, 4) is 0 Å². The molecule has 25 heavy (non-hydrogen) atoms. The molecule has 6 heteroatoms. The second-order valence-corrected chi connectivity index (χ2v) is 7.36. The first-order valence-corrected chi connectivity index (χ1v) is 9.30. The fraction of sp³-hybridized carbons (Fsp3) is 0.474. The van der Waals surface area contributed by atoms with E-state index in [9.17, 15) is 5.11 Å². The molecule has 1 aliphatic carbocycles. The maximum Gasteiger partial charge on any atom is 0.170 e. The summed E-state index contributed by atoms with van der Waals surface area (Å²) in [5.74, 6) is 0. The monoisotopic (exact) mass is 356 g/mol. The van der Waals surface area contributed by atoms with E-state index in [2.05, 4.69) is 39.7 Å². The summed E-state index contributed by atoms with van der Waals surface area (Å²) < 4.78 is 2.46. The molecule has 2 aromatic heterocycles. The highest BCUT2D eigenvalue weighted by Crippen LogP contribution is 2.44. The van der Waals surface area contributed by atoms with Gasteiger partial charge in [0.2, 0.25) is 0 Å². The van der Waals surface area contributed by atoms with Gasteiger partial charge in [0.1, 0.15) is 0 Å². The van der Waals surface area contributed by atoms with Gasteiger partial charge in [-0.25, -0.2) is 0 Å². The summed E-state index contributed by atoms with van der Waals surface area (Å²) in [4.78, 5) is 6.66. The summed E-state index contributed by atoms with van der Waals surface area (Å²) in [5, 5.41) is 13.7. The van der Waals surface area contributed by atoms with Crippen molar-refractivity contribution in [2.75, 3.05) is 13.2 Å². The van der Waals surface area contributed by atoms with Crippen LogP contribution in [0.1, 0.15) is 53.6 Å². The molecule has 0 spiro atoms. The number of nitrogens with one attached hydrogen (secondary N) is 1. The van der Waals surface area contributed by atoms with Crippen molar-refractivity contribution in [2.45, 2.75) is 44.8 Å². The van der Waals surface area contributed by atoms with Crippen LogP contribution in [0.2, 0.25) is 0 Å². The van der Waals surface area contributed by atoms with Crippen LogP contribution in [0.15, 0.2) is 30.5 Å². The van der Waals surface area contributed by atoms with Crippen molar-refractivity contribution in [2.24, 2.45) is 0 Å². The molecule has 2 aromatic rings. The second kappa shape index (κ2) is 6.42. The standard InChI is InChI=1S/C19H24N4OS/c1-12-11-15(13(2)23(12)14-6-7-14)18-17(16-5-3-4-8-20-16)21-19(25)22(18)9-10-24/h3-5,8,11,14,17-18,24H,6-7,9-10H2,1-2H3,(H,21,25)/t17-,18-/m1/s1. The first kappa shape index (κ1) is 16.5. The molecular weight excluding hydrogens is 332 g/mol. The minimum atomic E-state index is -0.00611. The van der Waals surface area contributed by atoms with Crippen LogP contribution < -0.4 is 5.32 Å². The maximum absolute atomic E-state index is 9.54. The molecule has 2 fully saturated rings. The first-order valence-electron chi connectivity index (χ1n) is 8.89. The van der Waals surface area contributed by atoms with Crippen molar-refractivity contribution < 1.29 is 5.11 Å². The molecule has 5 nitrogen and oxygen atoms in total. The molecular formula is C19H24N4OS. The number of aliphatic hydroxyl groups excluding tert-OH is 1. The van der Waals surface area contributed by atoms with Crippen LogP contribution in [0, 0.1) is 13.8 Å². The van der Waals surface area contributed by atoms with E-state index >= 15 is 0 Å². The van der Waals surface area contributed by atoms with E-state index in [0.717, 1.165) is 5.69 Å². The van der Waals surface area contributed by atoms with Crippen LogP contribution >= 0.6 is 12.2 Å². The van der Waals surface area contributed by atoms with Gasteiger partial charge in [0.15, 0.2) is 5.11 Å². The highest BCUT2D eigenvalue weighted by atomic mass is 32.1. The van der Waals surface area contributed by atoms with Crippen LogP contribution in [0.25, 0.3) is 0 Å². The van der Waals surface area contributed by atoms with Gasteiger partial charge in [0.25, 0.3) is 0 Å². The average Bonchev–Trinajstić information content (AvgIpc) is 3.33. The summed E-state index contributed by atoms with van der Waals surface area (Å²) in [5.41, 5.74) is 4.87. The van der Waals surface area contributed by atoms with Gasteiger partial charge in [-0.3, -0.25) is 4.98 Å². The van der Waals surface area contributed by atoms with Gasteiger partial charge < -0.3 is 19.9 Å². The van der Waals surface area contributed by atoms with Crippen LogP contribution in [-0.4, -0.2) is 37.8 Å². The molecule has 2 N–H and O–H groups in total. The summed E-state index contributed by atoms with van der Waals surface area (Å²) in [6, 6.07) is 8.95. The Kier molecular flexibility index (Phi) is 4.25. The van der Waals surface area contributed by atoms with Gasteiger partial charge in [-0.1, -0.05) is 6.07 Å². The predicted octanol–water partition coefficient (Wildman–Crippen LogP) is 2.80. The van der Waals surface area contributed by atoms with Crippen molar-refractivity contribution >= 4 is 17.3 Å². The minimum Gasteiger partial charge on any atom is -0.395 e. The number of pyridine rings is 1. The van der Waals surface area contributed by atoms with E-state index in [0.29, 0.717) is 17.7 Å². The zero-order chi connectivity index (χ0) is 17.6. The third-order valence-electron chi connectivity index (χ3n) is 5.29. The molecule has 132 valence electrons. The molecule has 2 aliphatic rings. The van der Waals surface area contributed by atoms with E-state index < -0.39 is 0 Å². The molecule has 3 heterocycles. The predicted molar refractivity (Wildman–Crippen MR) is 101 cm³/mol. The maximum atomic E-state index is 9.54. The lowest BCUT2D eigenvalue weighted by Crippen LogP contribution is -2.32. The lowest BCUT2D eigenvalue weighted by Gasteiger charge is -2.27. The molecule has 0 amide bonds. The van der Waals surface area contributed by atoms with E-state index in [1.165, 1.54) is 29.8 Å². The smallest absolute Gasteiger partial charge is 0.170 e. The number of hydrogen-bond acceptors (Lipinski definition) is 3. The highest BCUT2D eigenvalue weighted by molar-refractivity contribution is 7.80. The number of aromatic nitrogens is 2. The molecule has 0 radical (unpaired) electrons. The Morgan fingerprint density at radius 3 is 2.76 bits per heavy atom. The number of thiocarbonyl (C=S) groups is 1. The quantitative estimate of drug-likeness (QED) is 0.807. The number of nitrogens with zero attached hydrogens (tertiary/aromatic N) is 3. The zero-order valence-corrected chi connectivity index (χ0v) is 15.5. The van der Waals surface area contributed by atoms with E-state index in [1.54, 1.807) is 0 Å². The zero-order valence-electron chi connectivity index (χ0n) is 14.6. The van der Waals surface area contributed by atoms with Crippen molar-refractivity contribution in [3.05, 3.63) is 53.1 Å². The van der Waals surface area contributed by atoms with Gasteiger partial charge in [-0.15, -0.1) is 0 Å². The Labute approximate surface area is 153 Å². The highest BCUT2D eigenvalue weighted by Gasteiger charge is 2.41. The number of β-amino-alcohol motifs (C(OH)–C–C–N with tert-alkyl or cyclic N) is 1. The normalized spacial score (nSPS) is 23.2. The Hall–Kier alpha value is -1.92. The van der Waals surface area contributed by atoms with Crippen LogP contribution in [0.5, 0.6) is 0 Å². The fourth-order valence-corrected chi connectivity index (χ4v) is 4.42. The molecule has 4 rings (SSSR count). The van der Waals surface area contributed by atoms with Gasteiger partial charge in [-0.2, -0.15) is 0 Å². The van der Waals surface area contributed by atoms with Gasteiger partial charge in [-0.05, 0) is 62.7 Å². The summed E-state index contributed by atoms with van der Waals surface area (Å²) in [6.07, 6.45) is 4.35. The Balaban J connectivity index is 1.79.